The molecule has 2 aromatic carbocycles. The number of imidazole rings is 1. The topological polar surface area (TPSA) is 113 Å². The fourth-order valence-corrected chi connectivity index (χ4v) is 3.56. The highest BCUT2D eigenvalue weighted by Gasteiger charge is 2.20. The van der Waals surface area contributed by atoms with Crippen LogP contribution in [0.4, 0.5) is 4.39 Å². The first-order valence-electron chi connectivity index (χ1n) is 9.29. The van der Waals surface area contributed by atoms with Crippen LogP contribution >= 0.6 is 0 Å². The number of hydrogen-bond acceptors (Lipinski definition) is 5. The fourth-order valence-electron chi connectivity index (χ4n) is 3.56. The minimum Gasteiger partial charge on any atom is -0.493 e. The standard InChI is InChI=1S/C21H19FN4O4/c1-12-20(29)26(21(30)25(12)8-9-27)18-11-13(6-7-16(18)22)10-17-14-4-2-3-5-15(14)19(28)24-23-17/h2-7,11,27,29H,8-10H2,1H3,(H,24,28). The van der Waals surface area contributed by atoms with Gasteiger partial charge in [-0.1, -0.05) is 24.3 Å². The number of aromatic hydroxyl groups is 1. The Kier molecular flexibility index (Phi) is 4.96. The van der Waals surface area contributed by atoms with E-state index in [9.17, 15) is 19.1 Å². The number of aliphatic hydroxyl groups excluding tert-OH is 1. The van der Waals surface area contributed by atoms with Gasteiger partial charge in [-0.15, -0.1) is 0 Å². The summed E-state index contributed by atoms with van der Waals surface area (Å²) in [5, 5.41) is 27.3. The lowest BCUT2D eigenvalue weighted by molar-refractivity contribution is 0.273. The van der Waals surface area contributed by atoms with E-state index in [0.29, 0.717) is 22.0 Å². The highest BCUT2D eigenvalue weighted by atomic mass is 19.1. The molecule has 0 aliphatic heterocycles. The van der Waals surface area contributed by atoms with E-state index in [1.165, 1.54) is 23.6 Å². The van der Waals surface area contributed by atoms with E-state index in [1.54, 1.807) is 30.3 Å². The van der Waals surface area contributed by atoms with Gasteiger partial charge in [0.2, 0.25) is 5.88 Å². The lowest BCUT2D eigenvalue weighted by atomic mass is 10.0. The first-order chi connectivity index (χ1) is 14.4. The molecule has 0 aliphatic rings. The molecule has 8 nitrogen and oxygen atoms in total. The number of halogens is 1. The maximum atomic E-state index is 14.6. The minimum absolute atomic E-state index is 0.0141. The van der Waals surface area contributed by atoms with Crippen LogP contribution in [0.2, 0.25) is 0 Å². The Labute approximate surface area is 169 Å². The van der Waals surface area contributed by atoms with Crippen LogP contribution in [-0.2, 0) is 13.0 Å². The number of aromatic nitrogens is 4. The number of H-pyrrole nitrogens is 1. The maximum Gasteiger partial charge on any atom is 0.336 e. The van der Waals surface area contributed by atoms with Crippen LogP contribution in [0.25, 0.3) is 16.5 Å². The SMILES string of the molecule is Cc1c(O)n(-c2cc(Cc3n[nH]c(=O)c4ccccc34)ccc2F)c(=O)n1CCO. The van der Waals surface area contributed by atoms with Crippen LogP contribution in [0, 0.1) is 12.7 Å². The van der Waals surface area contributed by atoms with Crippen molar-refractivity contribution in [2.45, 2.75) is 19.9 Å². The Balaban J connectivity index is 1.82. The zero-order valence-electron chi connectivity index (χ0n) is 16.1. The number of hydrogen-bond donors (Lipinski definition) is 3. The van der Waals surface area contributed by atoms with E-state index in [1.807, 2.05) is 0 Å². The van der Waals surface area contributed by atoms with Crippen LogP contribution in [0.1, 0.15) is 17.0 Å². The van der Waals surface area contributed by atoms with E-state index in [-0.39, 0.29) is 36.5 Å². The van der Waals surface area contributed by atoms with Crippen LogP contribution < -0.4 is 11.2 Å². The number of aliphatic hydroxyl groups is 1. The molecule has 0 spiro atoms. The second kappa shape index (κ2) is 7.60. The highest BCUT2D eigenvalue weighted by molar-refractivity contribution is 5.83. The number of benzene rings is 2. The summed E-state index contributed by atoms with van der Waals surface area (Å²) in [5.74, 6) is -1.08. The summed E-state index contributed by atoms with van der Waals surface area (Å²) in [4.78, 5) is 24.6. The summed E-state index contributed by atoms with van der Waals surface area (Å²) in [7, 11) is 0. The number of fused-ring (bicyclic) bond motifs is 1. The molecule has 4 aromatic rings. The van der Waals surface area contributed by atoms with Crippen molar-refractivity contribution in [3.63, 3.8) is 0 Å². The molecule has 0 unspecified atom stereocenters. The third-order valence-corrected chi connectivity index (χ3v) is 5.08. The molecule has 30 heavy (non-hydrogen) atoms. The average Bonchev–Trinajstić information content (AvgIpc) is 2.95. The Hall–Kier alpha value is -3.72. The molecule has 0 saturated heterocycles. The molecule has 0 radical (unpaired) electrons. The summed E-state index contributed by atoms with van der Waals surface area (Å²) in [5.41, 5.74) is 0.396. The third kappa shape index (κ3) is 3.18. The first kappa shape index (κ1) is 19.6. The number of aromatic amines is 1. The van der Waals surface area contributed by atoms with Gasteiger partial charge in [0.05, 0.1) is 35.6 Å². The van der Waals surface area contributed by atoms with E-state index in [0.717, 1.165) is 4.57 Å². The van der Waals surface area contributed by atoms with Gasteiger partial charge in [-0.2, -0.15) is 5.10 Å². The van der Waals surface area contributed by atoms with Gasteiger partial charge in [-0.05, 0) is 30.7 Å². The van der Waals surface area contributed by atoms with Gasteiger partial charge < -0.3 is 10.2 Å². The highest BCUT2D eigenvalue weighted by Crippen LogP contribution is 2.24. The summed E-state index contributed by atoms with van der Waals surface area (Å²) >= 11 is 0. The Bertz CT molecular complexity index is 1370. The molecule has 2 heterocycles. The van der Waals surface area contributed by atoms with Crippen molar-refractivity contribution >= 4 is 10.8 Å². The van der Waals surface area contributed by atoms with Crippen LogP contribution in [0.3, 0.4) is 0 Å². The molecule has 154 valence electrons. The van der Waals surface area contributed by atoms with E-state index in [2.05, 4.69) is 10.2 Å². The predicted octanol–water partition coefficient (Wildman–Crippen LogP) is 1.61. The summed E-state index contributed by atoms with van der Waals surface area (Å²) in [6.07, 6.45) is 0.274. The maximum absolute atomic E-state index is 14.6. The van der Waals surface area contributed by atoms with Gasteiger partial charge in [0.1, 0.15) is 5.82 Å². The monoisotopic (exact) mass is 410 g/mol. The van der Waals surface area contributed by atoms with Crippen LogP contribution in [0.15, 0.2) is 52.1 Å². The lowest BCUT2D eigenvalue weighted by Gasteiger charge is -2.09. The molecular formula is C21H19FN4O4. The van der Waals surface area contributed by atoms with Crippen molar-refractivity contribution in [1.29, 1.82) is 0 Å². The zero-order valence-corrected chi connectivity index (χ0v) is 16.1. The number of rotatable bonds is 5. The van der Waals surface area contributed by atoms with Gasteiger partial charge in [0.15, 0.2) is 0 Å². The van der Waals surface area contributed by atoms with E-state index >= 15 is 0 Å². The molecule has 0 bridgehead atoms. The third-order valence-electron chi connectivity index (χ3n) is 5.08. The predicted molar refractivity (Wildman–Crippen MR) is 109 cm³/mol. The van der Waals surface area contributed by atoms with E-state index in [4.69, 9.17) is 5.11 Å². The summed E-state index contributed by atoms with van der Waals surface area (Å²) in [6.45, 7) is 1.21. The van der Waals surface area contributed by atoms with Gasteiger partial charge >= 0.3 is 5.69 Å². The lowest BCUT2D eigenvalue weighted by Crippen LogP contribution is -2.25. The average molecular weight is 410 g/mol. The van der Waals surface area contributed by atoms with Crippen LogP contribution in [-0.4, -0.2) is 36.2 Å². The second-order valence-corrected chi connectivity index (χ2v) is 6.91. The summed E-state index contributed by atoms with van der Waals surface area (Å²) < 4.78 is 16.7. The fraction of sp³-hybridized carbons (Fsp3) is 0.190. The number of nitrogens with one attached hydrogen (secondary N) is 1. The largest absolute Gasteiger partial charge is 0.493 e. The first-order valence-corrected chi connectivity index (χ1v) is 9.29. The molecule has 0 fully saturated rings. The van der Waals surface area contributed by atoms with Crippen molar-refractivity contribution in [3.8, 4) is 11.6 Å². The minimum atomic E-state index is -0.684. The smallest absolute Gasteiger partial charge is 0.336 e. The summed E-state index contributed by atoms with van der Waals surface area (Å²) in [6, 6.07) is 11.3. The molecule has 2 aromatic heterocycles. The Morgan fingerprint density at radius 3 is 2.60 bits per heavy atom. The van der Waals surface area contributed by atoms with Crippen molar-refractivity contribution in [1.82, 2.24) is 19.3 Å². The second-order valence-electron chi connectivity index (χ2n) is 6.91. The van der Waals surface area contributed by atoms with Crippen molar-refractivity contribution in [2.24, 2.45) is 0 Å². The van der Waals surface area contributed by atoms with Crippen molar-refractivity contribution in [2.75, 3.05) is 6.61 Å². The Morgan fingerprint density at radius 1 is 1.13 bits per heavy atom. The normalized spacial score (nSPS) is 11.3. The molecule has 9 heteroatoms. The quantitative estimate of drug-likeness (QED) is 0.463. The van der Waals surface area contributed by atoms with Gasteiger partial charge in [0.25, 0.3) is 5.56 Å². The molecule has 0 atom stereocenters. The van der Waals surface area contributed by atoms with Crippen LogP contribution in [0.5, 0.6) is 5.88 Å². The molecular weight excluding hydrogens is 391 g/mol. The van der Waals surface area contributed by atoms with E-state index < -0.39 is 17.4 Å². The molecule has 4 rings (SSSR count). The Morgan fingerprint density at radius 2 is 1.87 bits per heavy atom. The van der Waals surface area contributed by atoms with Gasteiger partial charge in [-0.25, -0.2) is 18.9 Å². The molecule has 0 amide bonds. The number of nitrogens with zero attached hydrogens (tertiary/aromatic N) is 3. The van der Waals surface area contributed by atoms with Gasteiger partial charge in [0, 0.05) is 11.8 Å². The molecule has 3 N–H and O–H groups in total. The zero-order chi connectivity index (χ0) is 21.4. The van der Waals surface area contributed by atoms with Crippen molar-refractivity contribution < 1.29 is 14.6 Å². The van der Waals surface area contributed by atoms with Crippen molar-refractivity contribution in [3.05, 3.63) is 86.1 Å². The van der Waals surface area contributed by atoms with Gasteiger partial charge in [-0.3, -0.25) is 9.36 Å². The molecule has 0 aliphatic carbocycles. The molecule has 0 saturated carbocycles.